The first-order valence-electron chi connectivity index (χ1n) is 21.8. The molecule has 0 bridgehead atoms. The van der Waals surface area contributed by atoms with Crippen LogP contribution in [0, 0.1) is 5.82 Å². The quantitative estimate of drug-likeness (QED) is 0.104. The van der Waals surface area contributed by atoms with Crippen LogP contribution in [0.2, 0.25) is 0 Å². The molecule has 0 aromatic heterocycles. The number of nitrogens with zero attached hydrogens (tertiary/aromatic N) is 1. The maximum Gasteiger partial charge on any atom is 0.148 e. The molecule has 0 radical (unpaired) electrons. The van der Waals surface area contributed by atoms with Gasteiger partial charge in [-0.25, -0.2) is 4.39 Å². The third kappa shape index (κ3) is 7.21. The molecule has 0 N–H and O–H groups in total. The molecule has 0 fully saturated rings. The Morgan fingerprint density at radius 3 is 1.39 bits per heavy atom. The minimum Gasteiger partial charge on any atom is -0.307 e. The molecule has 0 saturated carbocycles. The lowest BCUT2D eigenvalue weighted by molar-refractivity contribution is 0.630. The summed E-state index contributed by atoms with van der Waals surface area (Å²) in [7, 11) is 0. The van der Waals surface area contributed by atoms with E-state index in [1.165, 1.54) is 54.6 Å². The van der Waals surface area contributed by atoms with E-state index in [2.05, 4.69) is 158 Å². The Morgan fingerprint density at radius 1 is 0.312 bits per heavy atom. The number of rotatable bonds is 9. The van der Waals surface area contributed by atoms with E-state index in [1.807, 2.05) is 95.9 Å². The van der Waals surface area contributed by atoms with Crippen LogP contribution < -0.4 is 4.90 Å². The van der Waals surface area contributed by atoms with Crippen molar-refractivity contribution in [2.75, 3.05) is 4.90 Å². The second kappa shape index (κ2) is 16.9. The van der Waals surface area contributed by atoms with Gasteiger partial charge in [-0.15, -0.1) is 0 Å². The summed E-state index contributed by atoms with van der Waals surface area (Å²) >= 11 is 0. The van der Waals surface area contributed by atoms with Gasteiger partial charge in [-0.3, -0.25) is 0 Å². The monoisotopic (exact) mass is 819 g/mol. The number of para-hydroxylation sites is 1. The van der Waals surface area contributed by atoms with Crippen molar-refractivity contribution >= 4 is 61.5 Å². The Hall–Kier alpha value is -8.33. The average Bonchev–Trinajstić information content (AvgIpc) is 3.37. The Labute approximate surface area is 373 Å². The van der Waals surface area contributed by atoms with Gasteiger partial charge in [-0.1, -0.05) is 218 Å². The summed E-state index contributed by atoms with van der Waals surface area (Å²) in [6.07, 6.45) is 4.29. The number of hydrogen-bond acceptors (Lipinski definition) is 1. The normalized spacial score (nSPS) is 11.5. The van der Waals surface area contributed by atoms with E-state index >= 15 is 4.39 Å². The molecule has 0 amide bonds. The second-order valence-electron chi connectivity index (χ2n) is 16.2. The molecule has 0 unspecified atom stereocenters. The van der Waals surface area contributed by atoms with Gasteiger partial charge in [0.1, 0.15) is 5.82 Å². The standard InChI is InChI=1S/C62H42FN/c63-59-42-49(45-17-4-1-5-18-45)41-58(47-19-6-2-7-20-47)62(59)64(50-23-8-3-9-24-50)51-39-35-44(36-40-51)32-31-43-33-37-48(38-34-43)60-54-26-12-14-28-56(54)61(57-29-15-13-27-55(57)60)53-30-16-22-46-21-10-11-25-52(46)53/h1-42H/b32-31+. The minimum atomic E-state index is -0.293. The van der Waals surface area contributed by atoms with E-state index in [0.717, 1.165) is 44.8 Å². The third-order valence-corrected chi connectivity index (χ3v) is 12.3. The fraction of sp³-hybridized carbons (Fsp3) is 0. The predicted molar refractivity (Wildman–Crippen MR) is 271 cm³/mol. The van der Waals surface area contributed by atoms with Gasteiger partial charge in [-0.2, -0.15) is 0 Å². The van der Waals surface area contributed by atoms with Gasteiger partial charge in [0.25, 0.3) is 0 Å². The van der Waals surface area contributed by atoms with Crippen LogP contribution in [0.15, 0.2) is 243 Å². The summed E-state index contributed by atoms with van der Waals surface area (Å²) in [5.74, 6) is -0.293. The minimum absolute atomic E-state index is 0.293. The van der Waals surface area contributed by atoms with E-state index in [-0.39, 0.29) is 5.82 Å². The van der Waals surface area contributed by atoms with Crippen LogP contribution in [-0.2, 0) is 0 Å². The first kappa shape index (κ1) is 38.6. The molecule has 11 aromatic carbocycles. The Morgan fingerprint density at radius 2 is 0.781 bits per heavy atom. The van der Waals surface area contributed by atoms with Crippen LogP contribution in [0.1, 0.15) is 11.1 Å². The van der Waals surface area contributed by atoms with Crippen molar-refractivity contribution in [3.63, 3.8) is 0 Å². The highest BCUT2D eigenvalue weighted by Gasteiger charge is 2.23. The highest BCUT2D eigenvalue weighted by Crippen LogP contribution is 2.47. The molecule has 0 saturated heterocycles. The molecular weight excluding hydrogens is 778 g/mol. The Kier molecular flexibility index (Phi) is 10.2. The van der Waals surface area contributed by atoms with E-state index < -0.39 is 0 Å². The number of fused-ring (bicyclic) bond motifs is 3. The molecule has 1 nitrogen and oxygen atoms in total. The van der Waals surface area contributed by atoms with Crippen LogP contribution in [0.4, 0.5) is 21.5 Å². The van der Waals surface area contributed by atoms with Crippen molar-refractivity contribution in [2.45, 2.75) is 0 Å². The zero-order chi connectivity index (χ0) is 42.8. The SMILES string of the molecule is Fc1cc(-c2ccccc2)cc(-c2ccccc2)c1N(c1ccccc1)c1ccc(/C=C/c2ccc(-c3c4ccccc4c(-c4cccc5ccccc45)c4ccccc34)cc2)cc1. The van der Waals surface area contributed by atoms with Crippen molar-refractivity contribution in [3.8, 4) is 44.5 Å². The van der Waals surface area contributed by atoms with E-state index in [1.54, 1.807) is 6.07 Å². The maximum absolute atomic E-state index is 16.9. The van der Waals surface area contributed by atoms with Crippen LogP contribution in [-0.4, -0.2) is 0 Å². The van der Waals surface area contributed by atoms with Gasteiger partial charge < -0.3 is 4.90 Å². The number of hydrogen-bond donors (Lipinski definition) is 0. The summed E-state index contributed by atoms with van der Waals surface area (Å²) in [5, 5.41) is 7.46. The number of halogens is 1. The molecule has 302 valence electrons. The van der Waals surface area contributed by atoms with E-state index in [0.29, 0.717) is 5.69 Å². The fourth-order valence-corrected chi connectivity index (χ4v) is 9.31. The smallest absolute Gasteiger partial charge is 0.148 e. The molecule has 64 heavy (non-hydrogen) atoms. The first-order chi connectivity index (χ1) is 31.7. The van der Waals surface area contributed by atoms with E-state index in [9.17, 15) is 0 Å². The maximum atomic E-state index is 16.9. The van der Waals surface area contributed by atoms with Gasteiger partial charge in [-0.05, 0) is 119 Å². The third-order valence-electron chi connectivity index (χ3n) is 12.3. The zero-order valence-electron chi connectivity index (χ0n) is 35.1. The molecule has 0 aliphatic heterocycles. The van der Waals surface area contributed by atoms with Gasteiger partial charge >= 0.3 is 0 Å². The predicted octanol–water partition coefficient (Wildman–Crippen LogP) is 17.6. The largest absolute Gasteiger partial charge is 0.307 e. The number of benzene rings is 11. The van der Waals surface area contributed by atoms with Gasteiger partial charge in [0.2, 0.25) is 0 Å². The Bertz CT molecular complexity index is 3400. The first-order valence-corrected chi connectivity index (χ1v) is 21.8. The molecule has 2 heteroatoms. The fourth-order valence-electron chi connectivity index (χ4n) is 9.31. The lowest BCUT2D eigenvalue weighted by Crippen LogP contribution is -2.13. The molecule has 0 aliphatic carbocycles. The van der Waals surface area contributed by atoms with Crippen molar-refractivity contribution in [3.05, 3.63) is 260 Å². The summed E-state index contributed by atoms with van der Waals surface area (Å²) in [5.41, 5.74) is 12.9. The zero-order valence-corrected chi connectivity index (χ0v) is 35.1. The van der Waals surface area contributed by atoms with E-state index in [4.69, 9.17) is 0 Å². The van der Waals surface area contributed by atoms with Crippen molar-refractivity contribution < 1.29 is 4.39 Å². The molecule has 11 rings (SSSR count). The van der Waals surface area contributed by atoms with Crippen LogP contribution in [0.5, 0.6) is 0 Å². The van der Waals surface area contributed by atoms with Crippen LogP contribution in [0.25, 0.3) is 89.0 Å². The highest BCUT2D eigenvalue weighted by molar-refractivity contribution is 6.23. The van der Waals surface area contributed by atoms with Crippen LogP contribution in [0.3, 0.4) is 0 Å². The highest BCUT2D eigenvalue weighted by atomic mass is 19.1. The lowest BCUT2D eigenvalue weighted by atomic mass is 9.84. The topological polar surface area (TPSA) is 3.24 Å². The summed E-state index contributed by atoms with van der Waals surface area (Å²) in [6.45, 7) is 0. The average molecular weight is 820 g/mol. The number of anilines is 3. The molecule has 11 aromatic rings. The second-order valence-corrected chi connectivity index (χ2v) is 16.2. The summed E-state index contributed by atoms with van der Waals surface area (Å²) < 4.78 is 16.9. The molecule has 0 atom stereocenters. The van der Waals surface area contributed by atoms with Gasteiger partial charge in [0.15, 0.2) is 0 Å². The molecular formula is C62H42FN. The summed E-state index contributed by atoms with van der Waals surface area (Å²) in [6, 6.07) is 84.1. The van der Waals surface area contributed by atoms with Gasteiger partial charge in [0, 0.05) is 16.9 Å². The Balaban J connectivity index is 0.936. The van der Waals surface area contributed by atoms with Crippen LogP contribution >= 0.6 is 0 Å². The lowest BCUT2D eigenvalue weighted by Gasteiger charge is -2.29. The van der Waals surface area contributed by atoms with Crippen molar-refractivity contribution in [2.24, 2.45) is 0 Å². The summed E-state index contributed by atoms with van der Waals surface area (Å²) in [4.78, 5) is 2.03. The molecule has 0 heterocycles. The van der Waals surface area contributed by atoms with Gasteiger partial charge in [0.05, 0.1) is 5.69 Å². The van der Waals surface area contributed by atoms with Crippen molar-refractivity contribution in [1.82, 2.24) is 0 Å². The molecule has 0 aliphatic rings. The molecule has 0 spiro atoms. The van der Waals surface area contributed by atoms with Crippen molar-refractivity contribution in [1.29, 1.82) is 0 Å².